The number of hydrogen-bond donors (Lipinski definition) is 1. The van der Waals surface area contributed by atoms with Gasteiger partial charge in [-0.05, 0) is 61.1 Å². The van der Waals surface area contributed by atoms with Crippen LogP contribution in [0.2, 0.25) is 0 Å². The fourth-order valence-corrected chi connectivity index (χ4v) is 10.6. The van der Waals surface area contributed by atoms with Crippen LogP contribution >= 0.6 is 11.8 Å². The Morgan fingerprint density at radius 2 is 1.62 bits per heavy atom. The highest BCUT2D eigenvalue weighted by Gasteiger charge is 2.77. The number of carbonyl (C=O) groups is 3. The second-order valence-electron chi connectivity index (χ2n) is 13.0. The number of benzene rings is 3. The van der Waals surface area contributed by atoms with Gasteiger partial charge in [-0.15, -0.1) is 24.9 Å². The van der Waals surface area contributed by atoms with Crippen molar-refractivity contribution in [1.82, 2.24) is 4.90 Å². The second-order valence-corrected chi connectivity index (χ2v) is 14.6. The third-order valence-electron chi connectivity index (χ3n) is 10.3. The van der Waals surface area contributed by atoms with Crippen LogP contribution in [-0.2, 0) is 14.4 Å². The van der Waals surface area contributed by atoms with Crippen molar-refractivity contribution < 1.29 is 19.5 Å². The number of para-hydroxylation sites is 1. The maximum Gasteiger partial charge on any atom is 0.251 e. The Balaban J connectivity index is 1.52. The van der Waals surface area contributed by atoms with Crippen molar-refractivity contribution in [2.75, 3.05) is 29.5 Å². The van der Waals surface area contributed by atoms with Crippen molar-refractivity contribution in [3.05, 3.63) is 121 Å². The van der Waals surface area contributed by atoms with Gasteiger partial charge in [-0.3, -0.25) is 14.4 Å². The summed E-state index contributed by atoms with van der Waals surface area (Å²) in [5.41, 5.74) is 4.20. The summed E-state index contributed by atoms with van der Waals surface area (Å²) >= 11 is 1.64. The molecule has 3 aromatic rings. The Kier molecular flexibility index (Phi) is 9.18. The molecule has 3 fully saturated rings. The lowest BCUT2D eigenvalue weighted by Gasteiger charge is -2.42. The van der Waals surface area contributed by atoms with Gasteiger partial charge in [0.1, 0.15) is 6.04 Å². The SMILES string of the molecule is C=CCN(C(=O)[C@@H]1[C@H]2C(=O)N([C@H](CO)c3ccccc3)C(C(=O)N(CC=C)c3cc(C)ccc3C)C23S[C@@H]1CC3C)c1ccccc1. The summed E-state index contributed by atoms with van der Waals surface area (Å²) in [6.07, 6.45) is 4.12. The van der Waals surface area contributed by atoms with Gasteiger partial charge in [0.2, 0.25) is 11.8 Å². The predicted molar refractivity (Wildman–Crippen MR) is 189 cm³/mol. The first-order valence-electron chi connectivity index (χ1n) is 16.3. The molecule has 3 aliphatic heterocycles. The molecule has 6 rings (SSSR count). The minimum atomic E-state index is -0.912. The Morgan fingerprint density at radius 3 is 2.26 bits per heavy atom. The van der Waals surface area contributed by atoms with E-state index < -0.39 is 28.7 Å². The van der Waals surface area contributed by atoms with Crippen LogP contribution in [0.4, 0.5) is 11.4 Å². The molecule has 47 heavy (non-hydrogen) atoms. The van der Waals surface area contributed by atoms with Crippen molar-refractivity contribution >= 4 is 40.9 Å². The summed E-state index contributed by atoms with van der Waals surface area (Å²) in [6.45, 7) is 14.2. The fourth-order valence-electron chi connectivity index (χ4n) is 8.22. The van der Waals surface area contributed by atoms with Gasteiger partial charge in [0.05, 0.1) is 29.2 Å². The number of rotatable bonds is 11. The number of aliphatic hydroxyl groups excluding tert-OH is 1. The molecule has 0 saturated carbocycles. The Morgan fingerprint density at radius 1 is 0.979 bits per heavy atom. The Bertz CT molecular complexity index is 1680. The molecule has 7 nitrogen and oxygen atoms in total. The van der Waals surface area contributed by atoms with E-state index in [1.807, 2.05) is 92.7 Å². The number of aryl methyl sites for hydroxylation is 2. The number of fused-ring (bicyclic) bond motifs is 1. The van der Waals surface area contributed by atoms with Crippen molar-refractivity contribution in [2.45, 2.75) is 49.3 Å². The summed E-state index contributed by atoms with van der Waals surface area (Å²) < 4.78 is -0.866. The second kappa shape index (κ2) is 13.2. The van der Waals surface area contributed by atoms with E-state index in [9.17, 15) is 9.90 Å². The summed E-state index contributed by atoms with van der Waals surface area (Å²) in [5, 5.41) is 10.8. The molecular formula is C39H43N3O4S. The van der Waals surface area contributed by atoms with E-state index in [4.69, 9.17) is 0 Å². The van der Waals surface area contributed by atoms with E-state index in [1.165, 1.54) is 0 Å². The first kappa shape index (κ1) is 32.8. The third kappa shape index (κ3) is 5.32. The predicted octanol–water partition coefficient (Wildman–Crippen LogP) is 6.11. The van der Waals surface area contributed by atoms with Gasteiger partial charge in [0, 0.05) is 29.7 Å². The number of nitrogens with zero attached hydrogens (tertiary/aromatic N) is 3. The highest BCUT2D eigenvalue weighted by Crippen LogP contribution is 2.69. The number of carbonyl (C=O) groups excluding carboxylic acids is 3. The van der Waals surface area contributed by atoms with Crippen LogP contribution in [0.1, 0.15) is 36.1 Å². The molecule has 1 N–H and O–H groups in total. The van der Waals surface area contributed by atoms with Crippen molar-refractivity contribution in [3.8, 4) is 0 Å². The van der Waals surface area contributed by atoms with Crippen LogP contribution in [-0.4, -0.2) is 63.5 Å². The van der Waals surface area contributed by atoms with Gasteiger partial charge in [-0.2, -0.15) is 0 Å². The lowest BCUT2D eigenvalue weighted by Crippen LogP contribution is -2.58. The van der Waals surface area contributed by atoms with E-state index in [-0.39, 0.29) is 42.0 Å². The molecule has 3 aromatic carbocycles. The monoisotopic (exact) mass is 649 g/mol. The first-order chi connectivity index (χ1) is 22.7. The van der Waals surface area contributed by atoms with Gasteiger partial charge in [-0.1, -0.05) is 79.7 Å². The number of thioether (sulfide) groups is 1. The van der Waals surface area contributed by atoms with Crippen LogP contribution in [0.15, 0.2) is 104 Å². The minimum Gasteiger partial charge on any atom is -0.394 e. The third-order valence-corrected chi connectivity index (χ3v) is 12.4. The molecule has 3 saturated heterocycles. The molecule has 2 bridgehead atoms. The van der Waals surface area contributed by atoms with Gasteiger partial charge < -0.3 is 19.8 Å². The highest BCUT2D eigenvalue weighted by molar-refractivity contribution is 8.02. The zero-order valence-electron chi connectivity index (χ0n) is 27.3. The minimum absolute atomic E-state index is 0.0293. The highest BCUT2D eigenvalue weighted by atomic mass is 32.2. The summed E-state index contributed by atoms with van der Waals surface area (Å²) in [6, 6.07) is 23.2. The van der Waals surface area contributed by atoms with Crippen LogP contribution in [0.25, 0.3) is 0 Å². The Labute approximate surface area is 281 Å². The average molecular weight is 650 g/mol. The molecule has 0 aromatic heterocycles. The van der Waals surface area contributed by atoms with Gasteiger partial charge >= 0.3 is 0 Å². The maximum atomic E-state index is 15.3. The standard InChI is InChI=1S/C39H43N3O4S/c1-6-20-40(29-16-12-9-13-17-29)36(44)33-32-23-27(5)39(47-32)34(33)37(45)42(31(24-43)28-14-10-8-11-15-28)35(39)38(46)41(21-7-2)30-22-25(3)18-19-26(30)4/h6-19,22,27,31-35,43H,1-2,20-21,23-24H2,3-5H3/t27?,31-,32-,33+,34+,35?,39?/m1/s1. The van der Waals surface area contributed by atoms with E-state index in [1.54, 1.807) is 38.6 Å². The average Bonchev–Trinajstić information content (AvgIpc) is 3.68. The van der Waals surface area contributed by atoms with E-state index in [2.05, 4.69) is 20.1 Å². The number of amides is 3. The van der Waals surface area contributed by atoms with Gasteiger partial charge in [0.15, 0.2) is 0 Å². The zero-order valence-corrected chi connectivity index (χ0v) is 28.1. The molecule has 3 aliphatic rings. The zero-order chi connectivity index (χ0) is 33.5. The first-order valence-corrected chi connectivity index (χ1v) is 17.2. The van der Waals surface area contributed by atoms with Crippen LogP contribution in [0, 0.1) is 31.6 Å². The topological polar surface area (TPSA) is 81.2 Å². The fraction of sp³-hybridized carbons (Fsp3) is 0.359. The van der Waals surface area contributed by atoms with E-state index in [0.29, 0.717) is 13.0 Å². The summed E-state index contributed by atoms with van der Waals surface area (Å²) in [5.74, 6) is -2.00. The maximum absolute atomic E-state index is 15.3. The molecule has 3 amide bonds. The lowest BCUT2D eigenvalue weighted by atomic mass is 9.65. The number of likely N-dealkylation sites (tertiary alicyclic amines) is 1. The van der Waals surface area contributed by atoms with E-state index >= 15 is 9.59 Å². The quantitative estimate of drug-likeness (QED) is 0.254. The van der Waals surface area contributed by atoms with Gasteiger partial charge in [0.25, 0.3) is 5.91 Å². The normalized spacial score (nSPS) is 26.5. The van der Waals surface area contributed by atoms with Gasteiger partial charge in [-0.25, -0.2) is 0 Å². The van der Waals surface area contributed by atoms with E-state index in [0.717, 1.165) is 28.1 Å². The van der Waals surface area contributed by atoms with Crippen LogP contribution in [0.3, 0.4) is 0 Å². The van der Waals surface area contributed by atoms with Crippen molar-refractivity contribution in [3.63, 3.8) is 0 Å². The van der Waals surface area contributed by atoms with Crippen LogP contribution in [0.5, 0.6) is 0 Å². The smallest absolute Gasteiger partial charge is 0.251 e. The number of anilines is 2. The molecule has 244 valence electrons. The number of hydrogen-bond acceptors (Lipinski definition) is 5. The molecule has 0 radical (unpaired) electrons. The van der Waals surface area contributed by atoms with Crippen molar-refractivity contribution in [1.29, 1.82) is 0 Å². The number of aliphatic hydroxyl groups is 1. The largest absolute Gasteiger partial charge is 0.394 e. The molecule has 1 spiro atoms. The Hall–Kier alpha value is -4.14. The molecule has 8 heteroatoms. The lowest BCUT2D eigenvalue weighted by molar-refractivity contribution is -0.142. The van der Waals surface area contributed by atoms with Crippen molar-refractivity contribution in [2.24, 2.45) is 17.8 Å². The molecule has 0 aliphatic carbocycles. The summed E-state index contributed by atoms with van der Waals surface area (Å²) in [7, 11) is 0. The summed E-state index contributed by atoms with van der Waals surface area (Å²) in [4.78, 5) is 50.2. The molecule has 3 unspecified atom stereocenters. The molecule has 3 heterocycles. The molecular weight excluding hydrogens is 607 g/mol. The molecule has 7 atom stereocenters. The van der Waals surface area contributed by atoms with Crippen LogP contribution < -0.4 is 9.80 Å².